The number of aliphatic hydroxyl groups is 1. The van der Waals surface area contributed by atoms with Crippen LogP contribution in [0.5, 0.6) is 0 Å². The van der Waals surface area contributed by atoms with Crippen LogP contribution in [0.1, 0.15) is 71.8 Å². The number of fused-ring (bicyclic) bond motifs is 1. The van der Waals surface area contributed by atoms with Crippen molar-refractivity contribution < 1.29 is 19.5 Å². The van der Waals surface area contributed by atoms with Crippen molar-refractivity contribution >= 4 is 51.8 Å². The molecule has 2 N–H and O–H groups in total. The van der Waals surface area contributed by atoms with Gasteiger partial charge in [-0.05, 0) is 79.8 Å². The molecule has 0 atom stereocenters. The zero-order valence-electron chi connectivity index (χ0n) is 22.2. The van der Waals surface area contributed by atoms with Crippen LogP contribution < -0.4 is 4.90 Å². The summed E-state index contributed by atoms with van der Waals surface area (Å²) >= 11 is 13.0. The molecule has 210 valence electrons. The largest absolute Gasteiger partial charge is 0.477 e. The van der Waals surface area contributed by atoms with E-state index in [9.17, 15) is 15.0 Å². The number of hydrogen-bond donors (Lipinski definition) is 2. The van der Waals surface area contributed by atoms with E-state index in [1.807, 2.05) is 18.2 Å². The van der Waals surface area contributed by atoms with Gasteiger partial charge in [-0.3, -0.25) is 4.98 Å². The standard InChI is InChI=1S/C31H28Cl2N4O4/c32-23-14-34-15-24(33)27(23)28-22(29(41-36-28)18-1-2-18)9-17-12-31(13-17)5-7-37(8-6-31)20-3-4-25-21(11-20)19(16-38)10-26(35-25)30(39)40/h3-4,9-11,14-15,18,38H,1-2,5-8,12-13,16H2,(H,39,40). The fraction of sp³-hybridized carbons (Fsp3) is 0.355. The molecule has 2 aliphatic carbocycles. The van der Waals surface area contributed by atoms with Crippen LogP contribution in [0.3, 0.4) is 0 Å². The van der Waals surface area contributed by atoms with Gasteiger partial charge in [-0.1, -0.05) is 33.9 Å². The number of anilines is 1. The van der Waals surface area contributed by atoms with E-state index in [1.54, 1.807) is 12.4 Å². The number of allylic oxidation sites excluding steroid dienone is 1. The lowest BCUT2D eigenvalue weighted by Gasteiger charge is -2.50. The molecule has 3 fully saturated rings. The number of piperidine rings is 1. The minimum Gasteiger partial charge on any atom is -0.477 e. The molecule has 1 aromatic carbocycles. The number of carbonyl (C=O) groups is 1. The van der Waals surface area contributed by atoms with Gasteiger partial charge in [0, 0.05) is 53.6 Å². The van der Waals surface area contributed by atoms with E-state index in [1.165, 1.54) is 11.6 Å². The molecule has 3 aromatic heterocycles. The lowest BCUT2D eigenvalue weighted by Crippen LogP contribution is -2.44. The highest BCUT2D eigenvalue weighted by Crippen LogP contribution is 2.54. The van der Waals surface area contributed by atoms with E-state index in [4.69, 9.17) is 27.7 Å². The summed E-state index contributed by atoms with van der Waals surface area (Å²) in [4.78, 5) is 22.1. The molecular weight excluding hydrogens is 563 g/mol. The summed E-state index contributed by atoms with van der Waals surface area (Å²) in [6, 6.07) is 7.31. The molecule has 1 saturated heterocycles. The van der Waals surface area contributed by atoms with E-state index in [2.05, 4.69) is 26.1 Å². The predicted octanol–water partition coefficient (Wildman–Crippen LogP) is 7.12. The number of aromatic carboxylic acids is 1. The van der Waals surface area contributed by atoms with Crippen molar-refractivity contribution in [1.29, 1.82) is 0 Å². The Morgan fingerprint density at radius 1 is 1.12 bits per heavy atom. The fourth-order valence-corrected chi connectivity index (χ4v) is 6.98. The smallest absolute Gasteiger partial charge is 0.354 e. The van der Waals surface area contributed by atoms with Crippen LogP contribution in [0.25, 0.3) is 28.2 Å². The van der Waals surface area contributed by atoms with Crippen molar-refractivity contribution in [2.75, 3.05) is 18.0 Å². The first kappa shape index (κ1) is 26.4. The summed E-state index contributed by atoms with van der Waals surface area (Å²) in [6.07, 6.45) is 11.9. The van der Waals surface area contributed by atoms with Crippen molar-refractivity contribution in [1.82, 2.24) is 15.1 Å². The minimum atomic E-state index is -1.10. The molecule has 4 heterocycles. The summed E-state index contributed by atoms with van der Waals surface area (Å²) in [6.45, 7) is 1.63. The maximum Gasteiger partial charge on any atom is 0.354 e. The molecule has 10 heteroatoms. The quantitative estimate of drug-likeness (QED) is 0.244. The molecule has 0 bridgehead atoms. The van der Waals surface area contributed by atoms with E-state index < -0.39 is 5.97 Å². The Balaban J connectivity index is 1.08. The molecule has 1 aliphatic heterocycles. The Labute approximate surface area is 246 Å². The molecular formula is C31H28Cl2N4O4. The molecule has 0 amide bonds. The molecule has 41 heavy (non-hydrogen) atoms. The van der Waals surface area contributed by atoms with Gasteiger partial charge in [0.15, 0.2) is 0 Å². The molecule has 7 rings (SSSR count). The monoisotopic (exact) mass is 590 g/mol. The highest BCUT2D eigenvalue weighted by atomic mass is 35.5. The van der Waals surface area contributed by atoms with Gasteiger partial charge in [0.1, 0.15) is 17.1 Å². The van der Waals surface area contributed by atoms with Crippen LogP contribution in [0.4, 0.5) is 5.69 Å². The first-order valence-electron chi connectivity index (χ1n) is 13.9. The third kappa shape index (κ3) is 4.78. The lowest BCUT2D eigenvalue weighted by atomic mass is 9.60. The van der Waals surface area contributed by atoms with Gasteiger partial charge in [0.25, 0.3) is 0 Å². The number of aromatic nitrogens is 3. The van der Waals surface area contributed by atoms with E-state index >= 15 is 0 Å². The first-order valence-corrected chi connectivity index (χ1v) is 14.6. The van der Waals surface area contributed by atoms with Gasteiger partial charge >= 0.3 is 5.97 Å². The van der Waals surface area contributed by atoms with Gasteiger partial charge in [-0.25, -0.2) is 9.78 Å². The van der Waals surface area contributed by atoms with Crippen molar-refractivity contribution in [3.8, 4) is 11.3 Å². The predicted molar refractivity (Wildman–Crippen MR) is 157 cm³/mol. The third-order valence-electron chi connectivity index (χ3n) is 8.80. The normalized spacial score (nSPS) is 18.1. The molecule has 3 aliphatic rings. The molecule has 0 unspecified atom stereocenters. The van der Waals surface area contributed by atoms with Gasteiger partial charge < -0.3 is 19.6 Å². The minimum absolute atomic E-state index is 0.0578. The maximum absolute atomic E-state index is 11.4. The van der Waals surface area contributed by atoms with E-state index in [0.29, 0.717) is 38.3 Å². The van der Waals surface area contributed by atoms with Crippen molar-refractivity contribution in [2.24, 2.45) is 5.41 Å². The second kappa shape index (κ2) is 10.1. The summed E-state index contributed by atoms with van der Waals surface area (Å²) in [7, 11) is 0. The van der Waals surface area contributed by atoms with Crippen LogP contribution >= 0.6 is 23.2 Å². The highest BCUT2D eigenvalue weighted by molar-refractivity contribution is 6.39. The van der Waals surface area contributed by atoms with Crippen LogP contribution in [-0.2, 0) is 6.61 Å². The Kier molecular flexibility index (Phi) is 6.52. The Bertz CT molecular complexity index is 1690. The van der Waals surface area contributed by atoms with Gasteiger partial charge in [-0.15, -0.1) is 0 Å². The van der Waals surface area contributed by atoms with Crippen LogP contribution in [0, 0.1) is 5.41 Å². The summed E-state index contributed by atoms with van der Waals surface area (Å²) in [5.74, 6) is 0.226. The number of benzene rings is 1. The average molecular weight is 591 g/mol. The number of rotatable bonds is 6. The molecule has 4 aromatic rings. The first-order chi connectivity index (χ1) is 19.8. The Morgan fingerprint density at radius 3 is 2.51 bits per heavy atom. The van der Waals surface area contributed by atoms with Crippen LogP contribution in [-0.4, -0.2) is 44.4 Å². The Hall–Kier alpha value is -3.46. The number of nitrogens with zero attached hydrogens (tertiary/aromatic N) is 4. The number of halogens is 2. The van der Waals surface area contributed by atoms with Gasteiger partial charge in [0.2, 0.25) is 0 Å². The van der Waals surface area contributed by atoms with E-state index in [-0.39, 0.29) is 17.7 Å². The number of carboxylic acids is 1. The molecule has 0 radical (unpaired) electrons. The number of pyridine rings is 2. The zero-order chi connectivity index (χ0) is 28.3. The molecule has 1 spiro atoms. The SMILES string of the molecule is O=C(O)c1cc(CO)c2cc(N3CCC4(CC3)CC(=Cc3c(-c5c(Cl)cncc5Cl)noc3C3CC3)C4)ccc2n1. The zero-order valence-corrected chi connectivity index (χ0v) is 23.8. The number of aliphatic hydroxyl groups excluding tert-OH is 1. The van der Waals surface area contributed by atoms with Crippen molar-refractivity contribution in [3.63, 3.8) is 0 Å². The highest BCUT2D eigenvalue weighted by Gasteiger charge is 2.43. The average Bonchev–Trinajstić information content (AvgIpc) is 3.72. The number of hydrogen-bond acceptors (Lipinski definition) is 7. The van der Waals surface area contributed by atoms with Crippen molar-refractivity contribution in [3.05, 3.63) is 74.9 Å². The van der Waals surface area contributed by atoms with Gasteiger partial charge in [0.05, 0.1) is 22.2 Å². The molecule has 2 saturated carbocycles. The Morgan fingerprint density at radius 2 is 1.85 bits per heavy atom. The summed E-state index contributed by atoms with van der Waals surface area (Å²) in [5.41, 5.74) is 6.20. The van der Waals surface area contributed by atoms with Crippen molar-refractivity contribution in [2.45, 2.75) is 51.0 Å². The molecule has 8 nitrogen and oxygen atoms in total. The van der Waals surface area contributed by atoms with Crippen LogP contribution in [0.2, 0.25) is 10.0 Å². The summed E-state index contributed by atoms with van der Waals surface area (Å²) < 4.78 is 5.83. The maximum atomic E-state index is 11.4. The fourth-order valence-electron chi connectivity index (χ4n) is 6.44. The van der Waals surface area contributed by atoms with Crippen LogP contribution in [0.15, 0.2) is 46.8 Å². The summed E-state index contributed by atoms with van der Waals surface area (Å²) in [5, 5.41) is 25.3. The second-order valence-corrected chi connectivity index (χ2v) is 12.4. The lowest BCUT2D eigenvalue weighted by molar-refractivity contribution is 0.0690. The topological polar surface area (TPSA) is 113 Å². The number of carboxylic acid groups (broad SMARTS) is 1. The second-order valence-electron chi connectivity index (χ2n) is 11.5. The van der Waals surface area contributed by atoms with Gasteiger partial charge in [-0.2, -0.15) is 0 Å². The van der Waals surface area contributed by atoms with E-state index in [0.717, 1.165) is 74.0 Å². The third-order valence-corrected chi connectivity index (χ3v) is 9.38.